The van der Waals surface area contributed by atoms with Gasteiger partial charge in [0.05, 0.1) is 11.1 Å². The summed E-state index contributed by atoms with van der Waals surface area (Å²) in [4.78, 5) is 0. The lowest BCUT2D eigenvalue weighted by atomic mass is 9.90. The van der Waals surface area contributed by atoms with Crippen LogP contribution in [0.4, 0.5) is 4.39 Å². The van der Waals surface area contributed by atoms with Gasteiger partial charge in [-0.1, -0.05) is 29.3 Å². The van der Waals surface area contributed by atoms with Crippen molar-refractivity contribution in [2.45, 2.75) is 31.7 Å². The largest absolute Gasteiger partial charge is 0.271 e. The highest BCUT2D eigenvalue weighted by atomic mass is 35.5. The second kappa shape index (κ2) is 5.63. The molecular weight excluding hydrogens is 239 g/mol. The van der Waals surface area contributed by atoms with Gasteiger partial charge in [-0.2, -0.15) is 0 Å². The maximum atomic E-state index is 13.1. The maximum Gasteiger partial charge on any atom is 0.141 e. The second-order valence-corrected chi connectivity index (χ2v) is 4.71. The Labute approximate surface area is 106 Å². The van der Waals surface area contributed by atoms with Crippen LogP contribution in [-0.2, 0) is 0 Å². The zero-order chi connectivity index (χ0) is 12.3. The first-order valence-electron chi connectivity index (χ1n) is 5.82. The fourth-order valence-electron chi connectivity index (χ4n) is 2.23. The molecule has 1 aliphatic carbocycles. The first-order chi connectivity index (χ1) is 8.22. The summed E-state index contributed by atoms with van der Waals surface area (Å²) in [5.74, 6) is 5.20. The predicted molar refractivity (Wildman–Crippen MR) is 68.0 cm³/mol. The Morgan fingerprint density at radius 1 is 1.35 bits per heavy atom. The lowest BCUT2D eigenvalue weighted by Crippen LogP contribution is -2.30. The van der Waals surface area contributed by atoms with Gasteiger partial charge < -0.3 is 0 Å². The summed E-state index contributed by atoms with van der Waals surface area (Å²) >= 11 is 5.79. The van der Waals surface area contributed by atoms with Crippen LogP contribution < -0.4 is 11.3 Å². The molecule has 0 aliphatic heterocycles. The molecule has 4 heteroatoms. The fraction of sp³-hybridized carbons (Fsp3) is 0.385. The van der Waals surface area contributed by atoms with Crippen LogP contribution in [0, 0.1) is 5.82 Å². The third kappa shape index (κ3) is 2.86. The Balaban J connectivity index is 2.28. The first kappa shape index (κ1) is 12.6. The molecule has 0 fully saturated rings. The van der Waals surface area contributed by atoms with Crippen LogP contribution in [-0.4, -0.2) is 0 Å². The standard InChI is InChI=1S/C13H16ClFN2/c14-11-8-10(6-7-12(11)15)13(17-16)9-4-2-1-3-5-9/h4,6-8,13,17H,1-3,5,16H2. The van der Waals surface area contributed by atoms with Gasteiger partial charge in [0.2, 0.25) is 0 Å². The van der Waals surface area contributed by atoms with Crippen LogP contribution in [0.3, 0.4) is 0 Å². The van der Waals surface area contributed by atoms with Crippen molar-refractivity contribution in [1.29, 1.82) is 0 Å². The maximum absolute atomic E-state index is 13.1. The number of halogens is 2. The molecule has 1 aromatic rings. The number of hydrogen-bond donors (Lipinski definition) is 2. The number of nitrogens with one attached hydrogen (secondary N) is 1. The summed E-state index contributed by atoms with van der Waals surface area (Å²) in [5.41, 5.74) is 4.96. The van der Waals surface area contributed by atoms with Crippen molar-refractivity contribution >= 4 is 11.6 Å². The van der Waals surface area contributed by atoms with E-state index < -0.39 is 5.82 Å². The highest BCUT2D eigenvalue weighted by molar-refractivity contribution is 6.30. The zero-order valence-corrected chi connectivity index (χ0v) is 10.3. The van der Waals surface area contributed by atoms with Crippen LogP contribution in [0.5, 0.6) is 0 Å². The van der Waals surface area contributed by atoms with Crippen molar-refractivity contribution < 1.29 is 4.39 Å². The van der Waals surface area contributed by atoms with E-state index in [2.05, 4.69) is 11.5 Å². The summed E-state index contributed by atoms with van der Waals surface area (Å²) < 4.78 is 13.1. The molecule has 0 saturated carbocycles. The molecule has 0 radical (unpaired) electrons. The minimum Gasteiger partial charge on any atom is -0.271 e. The summed E-state index contributed by atoms with van der Waals surface area (Å²) in [6, 6.07) is 4.68. The highest BCUT2D eigenvalue weighted by Gasteiger charge is 2.17. The lowest BCUT2D eigenvalue weighted by molar-refractivity contribution is 0.563. The van der Waals surface area contributed by atoms with E-state index in [4.69, 9.17) is 17.4 Å². The normalized spacial score (nSPS) is 17.7. The number of nitrogens with two attached hydrogens (primary N) is 1. The smallest absolute Gasteiger partial charge is 0.141 e. The average molecular weight is 255 g/mol. The second-order valence-electron chi connectivity index (χ2n) is 4.30. The van der Waals surface area contributed by atoms with Crippen LogP contribution in [0.1, 0.15) is 37.3 Å². The average Bonchev–Trinajstić information content (AvgIpc) is 2.36. The van der Waals surface area contributed by atoms with E-state index in [0.717, 1.165) is 18.4 Å². The van der Waals surface area contributed by atoms with Crippen LogP contribution in [0.25, 0.3) is 0 Å². The van der Waals surface area contributed by atoms with Crippen molar-refractivity contribution in [2.75, 3.05) is 0 Å². The quantitative estimate of drug-likeness (QED) is 0.492. The van der Waals surface area contributed by atoms with Crippen LogP contribution in [0.15, 0.2) is 29.8 Å². The molecule has 1 aromatic carbocycles. The predicted octanol–water partition coefficient (Wildman–Crippen LogP) is 3.48. The number of hydrogen-bond acceptors (Lipinski definition) is 2. The number of allylic oxidation sites excluding steroid dienone is 1. The molecule has 1 unspecified atom stereocenters. The minimum atomic E-state index is -0.399. The molecule has 92 valence electrons. The van der Waals surface area contributed by atoms with E-state index in [9.17, 15) is 4.39 Å². The molecule has 2 nitrogen and oxygen atoms in total. The molecule has 0 bridgehead atoms. The third-order valence-electron chi connectivity index (χ3n) is 3.14. The van der Waals surface area contributed by atoms with Gasteiger partial charge in [0.1, 0.15) is 5.82 Å². The van der Waals surface area contributed by atoms with Crippen molar-refractivity contribution in [3.8, 4) is 0 Å². The molecule has 0 aromatic heterocycles. The Morgan fingerprint density at radius 3 is 2.76 bits per heavy atom. The van der Waals surface area contributed by atoms with E-state index in [0.29, 0.717) is 0 Å². The molecule has 0 spiro atoms. The van der Waals surface area contributed by atoms with Gasteiger partial charge in [-0.25, -0.2) is 9.82 Å². The molecular formula is C13H16ClFN2. The van der Waals surface area contributed by atoms with E-state index in [1.807, 2.05) is 0 Å². The molecule has 3 N–H and O–H groups in total. The summed E-state index contributed by atoms with van der Waals surface area (Å²) in [6.07, 6.45) is 6.74. The topological polar surface area (TPSA) is 38.0 Å². The van der Waals surface area contributed by atoms with Crippen molar-refractivity contribution in [3.05, 3.63) is 46.3 Å². The Hall–Kier alpha value is -0.900. The first-order valence-corrected chi connectivity index (χ1v) is 6.20. The van der Waals surface area contributed by atoms with Crippen molar-refractivity contribution in [1.82, 2.24) is 5.43 Å². The molecule has 1 atom stereocenters. The van der Waals surface area contributed by atoms with Crippen LogP contribution in [0.2, 0.25) is 5.02 Å². The van der Waals surface area contributed by atoms with E-state index >= 15 is 0 Å². The van der Waals surface area contributed by atoms with Crippen molar-refractivity contribution in [3.63, 3.8) is 0 Å². The fourth-order valence-corrected chi connectivity index (χ4v) is 2.42. The number of rotatable bonds is 3. The van der Waals surface area contributed by atoms with E-state index in [-0.39, 0.29) is 11.1 Å². The van der Waals surface area contributed by atoms with Gasteiger partial charge in [-0.15, -0.1) is 0 Å². The van der Waals surface area contributed by atoms with Gasteiger partial charge >= 0.3 is 0 Å². The Bertz CT molecular complexity index is 431. The molecule has 1 aliphatic rings. The van der Waals surface area contributed by atoms with Crippen LogP contribution >= 0.6 is 11.6 Å². The number of benzene rings is 1. The third-order valence-corrected chi connectivity index (χ3v) is 3.43. The lowest BCUT2D eigenvalue weighted by Gasteiger charge is -2.23. The highest BCUT2D eigenvalue weighted by Crippen LogP contribution is 2.30. The minimum absolute atomic E-state index is 0.0617. The molecule has 17 heavy (non-hydrogen) atoms. The van der Waals surface area contributed by atoms with E-state index in [1.54, 1.807) is 12.1 Å². The van der Waals surface area contributed by atoms with Gasteiger partial charge in [-0.05, 0) is 43.4 Å². The van der Waals surface area contributed by atoms with Gasteiger partial charge in [-0.3, -0.25) is 5.84 Å². The Kier molecular flexibility index (Phi) is 4.15. The molecule has 2 rings (SSSR count). The van der Waals surface area contributed by atoms with Gasteiger partial charge in [0.15, 0.2) is 0 Å². The monoisotopic (exact) mass is 254 g/mol. The Morgan fingerprint density at radius 2 is 2.18 bits per heavy atom. The van der Waals surface area contributed by atoms with Crippen molar-refractivity contribution in [2.24, 2.45) is 5.84 Å². The number of hydrazine groups is 1. The molecule has 0 heterocycles. The van der Waals surface area contributed by atoms with E-state index in [1.165, 1.54) is 24.5 Å². The summed E-state index contributed by atoms with van der Waals surface area (Å²) in [6.45, 7) is 0. The van der Waals surface area contributed by atoms with Gasteiger partial charge in [0.25, 0.3) is 0 Å². The van der Waals surface area contributed by atoms with Gasteiger partial charge in [0, 0.05) is 0 Å². The molecule has 0 saturated heterocycles. The molecule has 0 amide bonds. The summed E-state index contributed by atoms with van der Waals surface area (Å²) in [5, 5.41) is 0.138. The zero-order valence-electron chi connectivity index (χ0n) is 9.55. The SMILES string of the molecule is NNC(C1=CCCCC1)c1ccc(F)c(Cl)c1. The summed E-state index contributed by atoms with van der Waals surface area (Å²) in [7, 11) is 0.